The third-order valence-electron chi connectivity index (χ3n) is 5.39. The number of aryl methyl sites for hydroxylation is 1. The number of anilines is 1. The van der Waals surface area contributed by atoms with Gasteiger partial charge in [0.25, 0.3) is 10.0 Å². The Hall–Kier alpha value is -2.92. The van der Waals surface area contributed by atoms with Crippen LogP contribution in [0.4, 0.5) is 23.2 Å². The highest BCUT2D eigenvalue weighted by molar-refractivity contribution is 7.89. The van der Waals surface area contributed by atoms with E-state index in [0.717, 1.165) is 12.1 Å². The molecule has 6 nitrogen and oxygen atoms in total. The number of hydrogen-bond acceptors (Lipinski definition) is 4. The van der Waals surface area contributed by atoms with Gasteiger partial charge in [0, 0.05) is 44.0 Å². The van der Waals surface area contributed by atoms with Crippen LogP contribution < -0.4 is 5.32 Å². The van der Waals surface area contributed by atoms with E-state index in [1.807, 2.05) is 0 Å². The van der Waals surface area contributed by atoms with Crippen LogP contribution in [0.25, 0.3) is 0 Å². The van der Waals surface area contributed by atoms with Gasteiger partial charge in [0.1, 0.15) is 5.82 Å². The minimum absolute atomic E-state index is 0.0175. The smallest absolute Gasteiger partial charge is 0.380 e. The Morgan fingerprint density at radius 2 is 1.84 bits per heavy atom. The van der Waals surface area contributed by atoms with E-state index in [1.165, 1.54) is 51.7 Å². The van der Waals surface area contributed by atoms with Gasteiger partial charge in [-0.05, 0) is 35.9 Å². The van der Waals surface area contributed by atoms with Crippen LogP contribution in [0.5, 0.6) is 0 Å². The number of benzene rings is 2. The number of sulfonamides is 1. The Bertz CT molecular complexity index is 1230. The van der Waals surface area contributed by atoms with E-state index in [2.05, 4.69) is 10.3 Å². The predicted octanol–water partition coefficient (Wildman–Crippen LogP) is 3.85. The van der Waals surface area contributed by atoms with Gasteiger partial charge in [-0.3, -0.25) is 0 Å². The Balaban J connectivity index is 1.67. The average molecular weight is 468 g/mol. The molecule has 3 aromatic rings. The molecular formula is C21H20F4N4O2S. The molecule has 2 atom stereocenters. The molecule has 1 aromatic heterocycles. The van der Waals surface area contributed by atoms with Crippen molar-refractivity contribution in [2.45, 2.75) is 23.2 Å². The fourth-order valence-electron chi connectivity index (χ4n) is 3.84. The molecule has 2 heterocycles. The summed E-state index contributed by atoms with van der Waals surface area (Å²) in [5.41, 5.74) is -0.0720. The highest BCUT2D eigenvalue weighted by Gasteiger charge is 2.41. The highest BCUT2D eigenvalue weighted by Crippen LogP contribution is 2.35. The van der Waals surface area contributed by atoms with Gasteiger partial charge in [0.15, 0.2) is 5.03 Å². The fraction of sp³-hybridized carbons (Fsp3) is 0.286. The van der Waals surface area contributed by atoms with E-state index in [1.54, 1.807) is 13.1 Å². The van der Waals surface area contributed by atoms with Crippen LogP contribution in [0.15, 0.2) is 66.1 Å². The number of rotatable bonds is 5. The number of nitrogens with one attached hydrogen (secondary N) is 1. The summed E-state index contributed by atoms with van der Waals surface area (Å²) < 4.78 is 82.1. The molecule has 4 rings (SSSR count). The van der Waals surface area contributed by atoms with Crippen molar-refractivity contribution in [3.8, 4) is 0 Å². The van der Waals surface area contributed by atoms with Crippen molar-refractivity contribution < 1.29 is 26.0 Å². The average Bonchev–Trinajstić information content (AvgIpc) is 3.35. The molecule has 1 fully saturated rings. The molecule has 0 spiro atoms. The van der Waals surface area contributed by atoms with Crippen molar-refractivity contribution >= 4 is 15.7 Å². The fourth-order valence-corrected chi connectivity index (χ4v) is 5.30. The van der Waals surface area contributed by atoms with Crippen LogP contribution in [0.3, 0.4) is 0 Å². The number of halogens is 4. The molecule has 0 bridgehead atoms. The van der Waals surface area contributed by atoms with E-state index >= 15 is 0 Å². The maximum Gasteiger partial charge on any atom is 0.416 e. The Morgan fingerprint density at radius 3 is 2.50 bits per heavy atom. The number of nitrogens with zero attached hydrogens (tertiary/aromatic N) is 3. The standard InChI is InChI=1S/C21H20F4N4O2S/c1-28-12-20(26-13-28)32(30,31)29-10-18(14-4-2-6-16(22)8-14)19(11-29)27-17-7-3-5-15(9-17)21(23,24)25/h2-9,12-13,18-19,27H,10-11H2,1H3/t18-,19+/m0/s1. The Kier molecular flexibility index (Phi) is 5.72. The summed E-state index contributed by atoms with van der Waals surface area (Å²) in [5.74, 6) is -0.968. The van der Waals surface area contributed by atoms with Gasteiger partial charge in [-0.25, -0.2) is 17.8 Å². The second-order valence-electron chi connectivity index (χ2n) is 7.69. The van der Waals surface area contributed by atoms with Gasteiger partial charge in [-0.2, -0.15) is 17.5 Å². The minimum Gasteiger partial charge on any atom is -0.380 e. The summed E-state index contributed by atoms with van der Waals surface area (Å²) in [6.45, 7) is 0.00925. The summed E-state index contributed by atoms with van der Waals surface area (Å²) in [6, 6.07) is 9.87. The van der Waals surface area contributed by atoms with Crippen LogP contribution in [-0.2, 0) is 23.2 Å². The lowest BCUT2D eigenvalue weighted by molar-refractivity contribution is -0.137. The molecule has 0 saturated carbocycles. The summed E-state index contributed by atoms with van der Waals surface area (Å²) in [5, 5.41) is 2.90. The molecule has 32 heavy (non-hydrogen) atoms. The first-order chi connectivity index (χ1) is 15.0. The minimum atomic E-state index is -4.51. The molecule has 11 heteroatoms. The van der Waals surface area contributed by atoms with E-state index in [4.69, 9.17) is 0 Å². The summed E-state index contributed by atoms with van der Waals surface area (Å²) in [6.07, 6.45) is -1.77. The first-order valence-corrected chi connectivity index (χ1v) is 11.2. The van der Waals surface area contributed by atoms with Crippen LogP contribution in [0, 0.1) is 5.82 Å². The zero-order valence-electron chi connectivity index (χ0n) is 16.9. The number of aromatic nitrogens is 2. The number of hydrogen-bond donors (Lipinski definition) is 1. The third-order valence-corrected chi connectivity index (χ3v) is 7.11. The van der Waals surface area contributed by atoms with Crippen LogP contribution in [0.1, 0.15) is 17.0 Å². The van der Waals surface area contributed by atoms with Crippen molar-refractivity contribution in [2.75, 3.05) is 18.4 Å². The van der Waals surface area contributed by atoms with Crippen LogP contribution in [0.2, 0.25) is 0 Å². The zero-order chi connectivity index (χ0) is 23.1. The van der Waals surface area contributed by atoms with Gasteiger partial charge in [-0.15, -0.1) is 0 Å². The molecule has 170 valence electrons. The largest absolute Gasteiger partial charge is 0.416 e. The molecule has 0 radical (unpaired) electrons. The molecule has 0 amide bonds. The summed E-state index contributed by atoms with van der Waals surface area (Å²) >= 11 is 0. The van der Waals surface area contributed by atoms with E-state index in [0.29, 0.717) is 5.56 Å². The van der Waals surface area contributed by atoms with E-state index in [9.17, 15) is 26.0 Å². The van der Waals surface area contributed by atoms with Crippen molar-refractivity contribution in [3.05, 3.63) is 78.0 Å². The molecular weight excluding hydrogens is 448 g/mol. The lowest BCUT2D eigenvalue weighted by atomic mass is 9.94. The quantitative estimate of drug-likeness (QED) is 0.578. The number of imidazole rings is 1. The molecule has 0 unspecified atom stereocenters. The maximum atomic E-state index is 13.9. The predicted molar refractivity (Wildman–Crippen MR) is 110 cm³/mol. The highest BCUT2D eigenvalue weighted by atomic mass is 32.2. The van der Waals surface area contributed by atoms with Crippen LogP contribution >= 0.6 is 0 Å². The first-order valence-electron chi connectivity index (χ1n) is 9.71. The SMILES string of the molecule is Cn1cnc(S(=O)(=O)N2C[C@@H](Nc3cccc(C(F)(F)F)c3)[C@H](c3cccc(F)c3)C2)c1. The molecule has 1 saturated heterocycles. The van der Waals surface area contributed by atoms with E-state index < -0.39 is 39.5 Å². The molecule has 1 aliphatic heterocycles. The molecule has 1 N–H and O–H groups in total. The van der Waals surface area contributed by atoms with E-state index in [-0.39, 0.29) is 23.8 Å². The van der Waals surface area contributed by atoms with Crippen LogP contribution in [-0.4, -0.2) is 41.4 Å². The van der Waals surface area contributed by atoms with Gasteiger partial charge in [-0.1, -0.05) is 18.2 Å². The van der Waals surface area contributed by atoms with Gasteiger partial charge in [0.2, 0.25) is 0 Å². The lowest BCUT2D eigenvalue weighted by Gasteiger charge is -2.22. The van der Waals surface area contributed by atoms with Gasteiger partial charge in [0.05, 0.1) is 11.9 Å². The second kappa shape index (κ2) is 8.21. The normalized spacial score (nSPS) is 19.9. The van der Waals surface area contributed by atoms with Gasteiger partial charge >= 0.3 is 6.18 Å². The maximum absolute atomic E-state index is 13.9. The van der Waals surface area contributed by atoms with Crippen molar-refractivity contribution in [1.82, 2.24) is 13.9 Å². The molecule has 1 aliphatic rings. The summed E-state index contributed by atoms with van der Waals surface area (Å²) in [4.78, 5) is 3.92. The zero-order valence-corrected chi connectivity index (χ0v) is 17.7. The molecule has 2 aromatic carbocycles. The first kappa shape index (κ1) is 22.3. The lowest BCUT2D eigenvalue weighted by Crippen LogP contribution is -2.32. The van der Waals surface area contributed by atoms with Crippen molar-refractivity contribution in [2.24, 2.45) is 7.05 Å². The second-order valence-corrected chi connectivity index (χ2v) is 9.58. The topological polar surface area (TPSA) is 67.2 Å². The molecule has 0 aliphatic carbocycles. The Labute approximate surface area is 182 Å². The monoisotopic (exact) mass is 468 g/mol. The third kappa shape index (κ3) is 4.49. The number of alkyl halides is 3. The van der Waals surface area contributed by atoms with Crippen molar-refractivity contribution in [1.29, 1.82) is 0 Å². The van der Waals surface area contributed by atoms with Crippen molar-refractivity contribution in [3.63, 3.8) is 0 Å². The Morgan fingerprint density at radius 1 is 1.09 bits per heavy atom. The van der Waals surface area contributed by atoms with Gasteiger partial charge < -0.3 is 9.88 Å². The summed E-state index contributed by atoms with van der Waals surface area (Å²) in [7, 11) is -2.30.